The molecule has 0 aromatic heterocycles. The van der Waals surface area contributed by atoms with Gasteiger partial charge in [0.25, 0.3) is 0 Å². The van der Waals surface area contributed by atoms with E-state index in [0.29, 0.717) is 0 Å². The molecule has 1 aromatic rings. The summed E-state index contributed by atoms with van der Waals surface area (Å²) in [5.41, 5.74) is 6.67. The SMILES string of the molecule is Cc1cc(F)cc([NH])c1F. The molecule has 10 heavy (non-hydrogen) atoms. The number of hydrogen-bond donors (Lipinski definition) is 0. The molecule has 0 saturated carbocycles. The number of nitrogens with one attached hydrogen (secondary N) is 1. The van der Waals surface area contributed by atoms with E-state index in [-0.39, 0.29) is 5.56 Å². The third kappa shape index (κ3) is 1.07. The summed E-state index contributed by atoms with van der Waals surface area (Å²) in [5.74, 6) is -1.22. The van der Waals surface area contributed by atoms with Gasteiger partial charge in [-0.15, -0.1) is 0 Å². The molecular weight excluding hydrogens is 136 g/mol. The summed E-state index contributed by atoms with van der Waals surface area (Å²) in [6.45, 7) is 1.43. The molecule has 1 radical (unpaired) electrons. The highest BCUT2D eigenvalue weighted by molar-refractivity contribution is 5.39. The minimum absolute atomic E-state index is 0.171. The van der Waals surface area contributed by atoms with Crippen LogP contribution in [0.3, 0.4) is 0 Å². The van der Waals surface area contributed by atoms with Crippen LogP contribution in [0.4, 0.5) is 14.5 Å². The van der Waals surface area contributed by atoms with Gasteiger partial charge in [0, 0.05) is 6.07 Å². The highest BCUT2D eigenvalue weighted by Gasteiger charge is 2.03. The maximum atomic E-state index is 12.6. The number of benzene rings is 1. The van der Waals surface area contributed by atoms with Crippen molar-refractivity contribution in [3.63, 3.8) is 0 Å². The van der Waals surface area contributed by atoms with Gasteiger partial charge in [-0.2, -0.15) is 0 Å². The van der Waals surface area contributed by atoms with Crippen LogP contribution in [-0.4, -0.2) is 0 Å². The predicted molar refractivity (Wildman–Crippen MR) is 33.9 cm³/mol. The van der Waals surface area contributed by atoms with Crippen LogP contribution < -0.4 is 5.73 Å². The molecule has 3 heteroatoms. The monoisotopic (exact) mass is 142 g/mol. The van der Waals surface area contributed by atoms with Gasteiger partial charge in [0.2, 0.25) is 0 Å². The van der Waals surface area contributed by atoms with Crippen LogP contribution in [-0.2, 0) is 0 Å². The molecule has 0 bridgehead atoms. The fourth-order valence-corrected chi connectivity index (χ4v) is 0.726. The zero-order chi connectivity index (χ0) is 7.72. The molecular formula is C7H6F2N. The Kier molecular flexibility index (Phi) is 1.57. The molecule has 0 amide bonds. The van der Waals surface area contributed by atoms with Crippen molar-refractivity contribution < 1.29 is 8.78 Å². The van der Waals surface area contributed by atoms with E-state index in [2.05, 4.69) is 0 Å². The summed E-state index contributed by atoms with van der Waals surface area (Å²) in [6, 6.07) is 1.91. The first-order valence-corrected chi connectivity index (χ1v) is 2.78. The Labute approximate surface area is 57.5 Å². The molecule has 53 valence electrons. The molecule has 0 spiro atoms. The average molecular weight is 142 g/mol. The summed E-state index contributed by atoms with van der Waals surface area (Å²) < 4.78 is 24.9. The van der Waals surface area contributed by atoms with Crippen LogP contribution in [0, 0.1) is 18.6 Å². The first kappa shape index (κ1) is 6.99. The Bertz CT molecular complexity index is 235. The number of rotatable bonds is 0. The standard InChI is InChI=1S/C7H6F2N/c1-4-2-5(8)3-6(10)7(4)9/h2-3,10H,1H3. The van der Waals surface area contributed by atoms with E-state index in [9.17, 15) is 8.78 Å². The van der Waals surface area contributed by atoms with E-state index < -0.39 is 17.3 Å². The van der Waals surface area contributed by atoms with E-state index >= 15 is 0 Å². The Morgan fingerprint density at radius 1 is 1.30 bits per heavy atom. The molecule has 0 saturated heterocycles. The molecule has 0 unspecified atom stereocenters. The summed E-state index contributed by atoms with van der Waals surface area (Å²) in [5, 5.41) is 0. The second-order valence-corrected chi connectivity index (χ2v) is 2.08. The minimum atomic E-state index is -0.651. The highest BCUT2D eigenvalue weighted by atomic mass is 19.1. The molecule has 0 aliphatic heterocycles. The van der Waals surface area contributed by atoms with E-state index in [1.54, 1.807) is 0 Å². The molecule has 0 aliphatic rings. The predicted octanol–water partition coefficient (Wildman–Crippen LogP) is 2.19. The van der Waals surface area contributed by atoms with E-state index in [0.717, 1.165) is 12.1 Å². The lowest BCUT2D eigenvalue weighted by atomic mass is 10.2. The van der Waals surface area contributed by atoms with Gasteiger partial charge >= 0.3 is 0 Å². The molecule has 0 atom stereocenters. The second kappa shape index (κ2) is 2.25. The average Bonchev–Trinajstić information content (AvgIpc) is 1.82. The lowest BCUT2D eigenvalue weighted by molar-refractivity contribution is 0.593. The zero-order valence-electron chi connectivity index (χ0n) is 5.41. The largest absolute Gasteiger partial charge is 0.298 e. The van der Waals surface area contributed by atoms with Crippen LogP contribution in [0.2, 0.25) is 0 Å². The van der Waals surface area contributed by atoms with Gasteiger partial charge in [0.05, 0.1) is 5.69 Å². The van der Waals surface area contributed by atoms with Gasteiger partial charge in [-0.25, -0.2) is 8.78 Å². The van der Waals surface area contributed by atoms with E-state index in [4.69, 9.17) is 5.73 Å². The van der Waals surface area contributed by atoms with E-state index in [1.807, 2.05) is 0 Å². The zero-order valence-corrected chi connectivity index (χ0v) is 5.41. The fourth-order valence-electron chi connectivity index (χ4n) is 0.726. The summed E-state index contributed by atoms with van der Waals surface area (Å²) in [4.78, 5) is 0. The second-order valence-electron chi connectivity index (χ2n) is 2.08. The lowest BCUT2D eigenvalue weighted by Crippen LogP contribution is -1.86. The van der Waals surface area contributed by atoms with Crippen LogP contribution in [0.15, 0.2) is 12.1 Å². The third-order valence-corrected chi connectivity index (χ3v) is 1.22. The van der Waals surface area contributed by atoms with Gasteiger partial charge < -0.3 is 0 Å². The van der Waals surface area contributed by atoms with Crippen molar-refractivity contribution in [1.82, 2.24) is 5.73 Å². The first-order valence-electron chi connectivity index (χ1n) is 2.78. The van der Waals surface area contributed by atoms with Crippen molar-refractivity contribution in [1.29, 1.82) is 0 Å². The van der Waals surface area contributed by atoms with Gasteiger partial charge in [-0.1, -0.05) is 0 Å². The maximum absolute atomic E-state index is 12.6. The molecule has 0 heterocycles. The van der Waals surface area contributed by atoms with Crippen molar-refractivity contribution >= 4 is 5.69 Å². The topological polar surface area (TPSA) is 23.8 Å². The lowest BCUT2D eigenvalue weighted by Gasteiger charge is -1.97. The Balaban J connectivity index is 3.31. The summed E-state index contributed by atoms with van der Waals surface area (Å²) in [6.07, 6.45) is 0. The Morgan fingerprint density at radius 2 is 1.90 bits per heavy atom. The molecule has 0 fully saturated rings. The molecule has 1 rings (SSSR count). The Morgan fingerprint density at radius 3 is 2.40 bits per heavy atom. The number of halogens is 2. The van der Waals surface area contributed by atoms with Crippen molar-refractivity contribution in [2.75, 3.05) is 0 Å². The molecule has 1 N–H and O–H groups in total. The van der Waals surface area contributed by atoms with Gasteiger partial charge in [-0.05, 0) is 18.6 Å². The van der Waals surface area contributed by atoms with Crippen LogP contribution in [0.1, 0.15) is 5.56 Å². The van der Waals surface area contributed by atoms with Crippen LogP contribution in [0.5, 0.6) is 0 Å². The summed E-state index contributed by atoms with van der Waals surface area (Å²) in [7, 11) is 0. The number of hydrogen-bond acceptors (Lipinski definition) is 0. The maximum Gasteiger partial charge on any atom is 0.151 e. The van der Waals surface area contributed by atoms with Crippen LogP contribution in [0.25, 0.3) is 0 Å². The molecule has 1 nitrogen and oxygen atoms in total. The minimum Gasteiger partial charge on any atom is -0.298 e. The van der Waals surface area contributed by atoms with E-state index in [1.165, 1.54) is 6.92 Å². The quantitative estimate of drug-likeness (QED) is 0.530. The number of aryl methyl sites for hydroxylation is 1. The van der Waals surface area contributed by atoms with Crippen molar-refractivity contribution in [3.8, 4) is 0 Å². The van der Waals surface area contributed by atoms with Crippen molar-refractivity contribution in [2.24, 2.45) is 0 Å². The van der Waals surface area contributed by atoms with Gasteiger partial charge in [-0.3, -0.25) is 5.73 Å². The van der Waals surface area contributed by atoms with Crippen molar-refractivity contribution in [3.05, 3.63) is 29.3 Å². The molecule has 0 aliphatic carbocycles. The van der Waals surface area contributed by atoms with Crippen LogP contribution >= 0.6 is 0 Å². The molecule has 1 aromatic carbocycles. The fraction of sp³-hybridized carbons (Fsp3) is 0.143. The highest BCUT2D eigenvalue weighted by Crippen LogP contribution is 2.16. The third-order valence-electron chi connectivity index (χ3n) is 1.22. The van der Waals surface area contributed by atoms with Crippen molar-refractivity contribution in [2.45, 2.75) is 6.92 Å². The van der Waals surface area contributed by atoms with Gasteiger partial charge in [0.1, 0.15) is 5.82 Å². The van der Waals surface area contributed by atoms with Gasteiger partial charge in [0.15, 0.2) is 5.82 Å². The smallest absolute Gasteiger partial charge is 0.151 e. The Hall–Kier alpha value is -1.12. The summed E-state index contributed by atoms with van der Waals surface area (Å²) >= 11 is 0. The normalized spacial score (nSPS) is 9.90. The first-order chi connectivity index (χ1) is 4.61.